The number of hydrogen-bond acceptors (Lipinski definition) is 5. The first-order valence-electron chi connectivity index (χ1n) is 8.60. The Morgan fingerprint density at radius 2 is 1.54 bits per heavy atom. The molecule has 0 aliphatic rings. The van der Waals surface area contributed by atoms with Crippen molar-refractivity contribution in [2.24, 2.45) is 0 Å². The van der Waals surface area contributed by atoms with Crippen LogP contribution in [-0.4, -0.2) is 16.2 Å². The van der Waals surface area contributed by atoms with E-state index in [1.54, 1.807) is 30.3 Å². The van der Waals surface area contributed by atoms with Gasteiger partial charge in [-0.2, -0.15) is 0 Å². The van der Waals surface area contributed by atoms with E-state index in [9.17, 15) is 4.79 Å². The van der Waals surface area contributed by atoms with Crippen molar-refractivity contribution in [3.05, 3.63) is 95.0 Å². The summed E-state index contributed by atoms with van der Waals surface area (Å²) >= 11 is 6.09. The summed E-state index contributed by atoms with van der Waals surface area (Å²) in [6.07, 6.45) is 0. The number of halogens is 1. The molecule has 0 bridgehead atoms. The highest BCUT2D eigenvalue weighted by Crippen LogP contribution is 2.24. The van der Waals surface area contributed by atoms with Crippen LogP contribution in [0.15, 0.2) is 83.3 Å². The molecule has 3 aromatic carbocycles. The lowest BCUT2D eigenvalue weighted by Gasteiger charge is -2.07. The first-order valence-corrected chi connectivity index (χ1v) is 8.98. The van der Waals surface area contributed by atoms with E-state index in [-0.39, 0.29) is 6.61 Å². The molecule has 0 atom stereocenters. The first-order chi connectivity index (χ1) is 13.7. The minimum absolute atomic E-state index is 0.0987. The number of nitrogens with zero attached hydrogens (tertiary/aromatic N) is 2. The molecule has 138 valence electrons. The van der Waals surface area contributed by atoms with Gasteiger partial charge in [-0.15, -0.1) is 10.2 Å². The molecule has 0 saturated carbocycles. The fourth-order valence-corrected chi connectivity index (χ4v) is 2.85. The number of benzene rings is 3. The van der Waals surface area contributed by atoms with Crippen molar-refractivity contribution >= 4 is 17.6 Å². The molecule has 28 heavy (non-hydrogen) atoms. The van der Waals surface area contributed by atoms with E-state index >= 15 is 0 Å². The highest BCUT2D eigenvalue weighted by molar-refractivity contribution is 6.31. The van der Waals surface area contributed by atoms with Crippen LogP contribution >= 0.6 is 11.6 Å². The largest absolute Gasteiger partial charge is 0.457 e. The summed E-state index contributed by atoms with van der Waals surface area (Å²) < 4.78 is 11.1. The Labute approximate surface area is 166 Å². The molecular formula is C22H15ClN2O3. The highest BCUT2D eigenvalue weighted by atomic mass is 35.5. The number of esters is 1. The molecule has 0 radical (unpaired) electrons. The van der Waals surface area contributed by atoms with Gasteiger partial charge >= 0.3 is 5.97 Å². The van der Waals surface area contributed by atoms with Crippen molar-refractivity contribution in [1.82, 2.24) is 10.2 Å². The monoisotopic (exact) mass is 390 g/mol. The number of aromatic nitrogens is 2. The molecule has 4 aromatic rings. The maximum atomic E-state index is 12.4. The third-order valence-corrected chi connectivity index (χ3v) is 4.48. The minimum Gasteiger partial charge on any atom is -0.457 e. The molecule has 0 amide bonds. The number of hydrogen-bond donors (Lipinski definition) is 0. The molecule has 0 unspecified atom stereocenters. The maximum Gasteiger partial charge on any atom is 0.338 e. The standard InChI is InChI=1S/C22H15ClN2O3/c23-19-12-5-4-9-18(19)14-27-22(26)17-11-6-10-16(13-17)21-25-24-20(28-21)15-7-2-1-3-8-15/h1-13H,14H2. The summed E-state index contributed by atoms with van der Waals surface area (Å²) in [5, 5.41) is 8.72. The zero-order valence-electron chi connectivity index (χ0n) is 14.7. The molecule has 0 saturated heterocycles. The molecule has 0 aliphatic heterocycles. The van der Waals surface area contributed by atoms with Crippen molar-refractivity contribution in [1.29, 1.82) is 0 Å². The Morgan fingerprint density at radius 3 is 2.32 bits per heavy atom. The number of ether oxygens (including phenoxy) is 1. The fourth-order valence-electron chi connectivity index (χ4n) is 2.66. The van der Waals surface area contributed by atoms with Gasteiger partial charge < -0.3 is 9.15 Å². The summed E-state index contributed by atoms with van der Waals surface area (Å²) in [5.74, 6) is 0.298. The minimum atomic E-state index is -0.454. The van der Waals surface area contributed by atoms with Gasteiger partial charge in [-0.1, -0.05) is 54.1 Å². The third kappa shape index (κ3) is 3.94. The van der Waals surface area contributed by atoms with E-state index in [0.29, 0.717) is 27.9 Å². The predicted octanol–water partition coefficient (Wildman–Crippen LogP) is 5.41. The van der Waals surface area contributed by atoms with E-state index in [1.807, 2.05) is 48.5 Å². The Morgan fingerprint density at radius 1 is 0.857 bits per heavy atom. The fraction of sp³-hybridized carbons (Fsp3) is 0.0455. The van der Waals surface area contributed by atoms with Crippen LogP contribution in [-0.2, 0) is 11.3 Å². The smallest absolute Gasteiger partial charge is 0.338 e. The van der Waals surface area contributed by atoms with Crippen LogP contribution in [0.2, 0.25) is 5.02 Å². The molecule has 0 spiro atoms. The summed E-state index contributed by atoms with van der Waals surface area (Å²) in [6.45, 7) is 0.0987. The Hall–Kier alpha value is -3.44. The van der Waals surface area contributed by atoms with Crippen molar-refractivity contribution in [3.63, 3.8) is 0 Å². The third-order valence-electron chi connectivity index (χ3n) is 4.11. The molecule has 0 N–H and O–H groups in total. The van der Waals surface area contributed by atoms with Gasteiger partial charge in [0.2, 0.25) is 11.8 Å². The summed E-state index contributed by atoms with van der Waals surface area (Å²) in [6, 6.07) is 23.6. The predicted molar refractivity (Wildman–Crippen MR) is 106 cm³/mol. The topological polar surface area (TPSA) is 65.2 Å². The summed E-state index contributed by atoms with van der Waals surface area (Å²) in [7, 11) is 0. The number of rotatable bonds is 5. The average Bonchev–Trinajstić information content (AvgIpc) is 3.24. The van der Waals surface area contributed by atoms with Gasteiger partial charge in [0.15, 0.2) is 0 Å². The highest BCUT2D eigenvalue weighted by Gasteiger charge is 2.14. The maximum absolute atomic E-state index is 12.4. The second-order valence-electron chi connectivity index (χ2n) is 6.03. The molecule has 1 heterocycles. The van der Waals surface area contributed by atoms with Crippen molar-refractivity contribution in [2.75, 3.05) is 0 Å². The number of carbonyl (C=O) groups excluding carboxylic acids is 1. The number of carbonyl (C=O) groups is 1. The van der Waals surface area contributed by atoms with Crippen molar-refractivity contribution in [2.45, 2.75) is 6.61 Å². The van der Waals surface area contributed by atoms with Gasteiger partial charge in [0.25, 0.3) is 0 Å². The SMILES string of the molecule is O=C(OCc1ccccc1Cl)c1cccc(-c2nnc(-c3ccccc3)o2)c1. The Kier molecular flexibility index (Phi) is 5.17. The van der Waals surface area contributed by atoms with Gasteiger partial charge in [-0.25, -0.2) is 4.79 Å². The van der Waals surface area contributed by atoms with E-state index in [0.717, 1.165) is 11.1 Å². The van der Waals surface area contributed by atoms with Crippen LogP contribution in [0, 0.1) is 0 Å². The Bertz CT molecular complexity index is 1110. The van der Waals surface area contributed by atoms with Gasteiger partial charge in [-0.05, 0) is 36.4 Å². The van der Waals surface area contributed by atoms with Crippen LogP contribution in [0.3, 0.4) is 0 Å². The quantitative estimate of drug-likeness (QED) is 0.426. The van der Waals surface area contributed by atoms with Gasteiger partial charge in [0, 0.05) is 21.7 Å². The zero-order chi connectivity index (χ0) is 19.3. The first kappa shape index (κ1) is 17.9. The summed E-state index contributed by atoms with van der Waals surface area (Å²) in [4.78, 5) is 12.4. The summed E-state index contributed by atoms with van der Waals surface area (Å²) in [5.41, 5.74) is 2.61. The van der Waals surface area contributed by atoms with E-state index in [1.165, 1.54) is 0 Å². The lowest BCUT2D eigenvalue weighted by Crippen LogP contribution is -2.05. The van der Waals surface area contributed by atoms with Crippen molar-refractivity contribution < 1.29 is 13.9 Å². The van der Waals surface area contributed by atoms with E-state index in [4.69, 9.17) is 20.8 Å². The zero-order valence-corrected chi connectivity index (χ0v) is 15.5. The van der Waals surface area contributed by atoms with E-state index < -0.39 is 5.97 Å². The van der Waals surface area contributed by atoms with Crippen LogP contribution < -0.4 is 0 Å². The Balaban J connectivity index is 1.51. The lowest BCUT2D eigenvalue weighted by molar-refractivity contribution is 0.0473. The van der Waals surface area contributed by atoms with Gasteiger partial charge in [-0.3, -0.25) is 0 Å². The molecule has 0 aliphatic carbocycles. The van der Waals surface area contributed by atoms with Crippen molar-refractivity contribution in [3.8, 4) is 22.9 Å². The molecule has 1 aromatic heterocycles. The van der Waals surface area contributed by atoms with Crippen LogP contribution in [0.25, 0.3) is 22.9 Å². The second kappa shape index (κ2) is 8.06. The molecular weight excluding hydrogens is 376 g/mol. The normalized spacial score (nSPS) is 10.6. The molecule has 5 nitrogen and oxygen atoms in total. The van der Waals surface area contributed by atoms with Crippen LogP contribution in [0.5, 0.6) is 0 Å². The average molecular weight is 391 g/mol. The second-order valence-corrected chi connectivity index (χ2v) is 6.43. The van der Waals surface area contributed by atoms with Crippen LogP contribution in [0.1, 0.15) is 15.9 Å². The lowest BCUT2D eigenvalue weighted by atomic mass is 10.1. The molecule has 6 heteroatoms. The van der Waals surface area contributed by atoms with E-state index in [2.05, 4.69) is 10.2 Å². The van der Waals surface area contributed by atoms with Crippen LogP contribution in [0.4, 0.5) is 0 Å². The van der Waals surface area contributed by atoms with Gasteiger partial charge in [0.05, 0.1) is 5.56 Å². The molecule has 0 fully saturated rings. The molecule has 4 rings (SSSR count). The van der Waals surface area contributed by atoms with Gasteiger partial charge in [0.1, 0.15) is 6.61 Å².